The van der Waals surface area contributed by atoms with Crippen LogP contribution in [0.15, 0.2) is 29.3 Å². The average molecular weight is 365 g/mol. The molecule has 8 heteroatoms. The first-order chi connectivity index (χ1) is 12.5. The predicted octanol–water partition coefficient (Wildman–Crippen LogP) is 2.62. The highest BCUT2D eigenvalue weighted by atomic mass is 16.6. The highest BCUT2D eigenvalue weighted by Gasteiger charge is 2.13. The number of para-hydroxylation sites is 2. The van der Waals surface area contributed by atoms with Gasteiger partial charge in [0.25, 0.3) is 5.69 Å². The number of hydrogen-bond acceptors (Lipinski definition) is 5. The van der Waals surface area contributed by atoms with Crippen LogP contribution in [0.3, 0.4) is 0 Å². The van der Waals surface area contributed by atoms with Crippen LogP contribution in [-0.2, 0) is 4.74 Å². The van der Waals surface area contributed by atoms with Crippen LogP contribution in [0.2, 0.25) is 0 Å². The summed E-state index contributed by atoms with van der Waals surface area (Å²) in [6, 6.07) is 6.61. The molecule has 0 saturated heterocycles. The highest BCUT2D eigenvalue weighted by molar-refractivity contribution is 5.79. The Balaban J connectivity index is 2.34. The Bertz CT molecular complexity index is 578. The zero-order chi connectivity index (χ0) is 19.4. The number of aliphatic imine (C=N–C) groups is 1. The number of guanidine groups is 1. The van der Waals surface area contributed by atoms with Gasteiger partial charge in [0.2, 0.25) is 0 Å². The number of nitro groups is 1. The summed E-state index contributed by atoms with van der Waals surface area (Å²) in [5, 5.41) is 20.5. The van der Waals surface area contributed by atoms with Crippen LogP contribution in [0.4, 0.5) is 11.4 Å². The molecule has 1 atom stereocenters. The molecule has 0 radical (unpaired) electrons. The van der Waals surface area contributed by atoms with Crippen LogP contribution < -0.4 is 16.0 Å². The summed E-state index contributed by atoms with van der Waals surface area (Å²) in [5.41, 5.74) is 0.587. The van der Waals surface area contributed by atoms with Gasteiger partial charge in [-0.25, -0.2) is 0 Å². The van der Waals surface area contributed by atoms with Crippen molar-refractivity contribution in [3.8, 4) is 0 Å². The molecule has 1 rings (SSSR count). The van der Waals surface area contributed by atoms with Gasteiger partial charge in [-0.3, -0.25) is 15.1 Å². The Morgan fingerprint density at radius 3 is 2.54 bits per heavy atom. The topological polar surface area (TPSA) is 101 Å². The zero-order valence-electron chi connectivity index (χ0n) is 16.1. The molecule has 0 amide bonds. The molecule has 0 bridgehead atoms. The molecule has 0 aliphatic carbocycles. The van der Waals surface area contributed by atoms with Crippen LogP contribution in [0.25, 0.3) is 0 Å². The van der Waals surface area contributed by atoms with E-state index in [0.29, 0.717) is 37.3 Å². The zero-order valence-corrected chi connectivity index (χ0v) is 16.1. The van der Waals surface area contributed by atoms with Gasteiger partial charge in [-0.05, 0) is 25.3 Å². The van der Waals surface area contributed by atoms with Crippen molar-refractivity contribution >= 4 is 17.3 Å². The van der Waals surface area contributed by atoms with E-state index in [1.165, 1.54) is 6.07 Å². The minimum Gasteiger partial charge on any atom is -0.378 e. The number of ether oxygens (including phenoxy) is 1. The number of anilines is 1. The number of rotatable bonds is 11. The minimum absolute atomic E-state index is 0.0747. The second-order valence-electron chi connectivity index (χ2n) is 6.15. The van der Waals surface area contributed by atoms with E-state index >= 15 is 0 Å². The van der Waals surface area contributed by atoms with Crippen molar-refractivity contribution in [1.82, 2.24) is 10.6 Å². The molecule has 1 unspecified atom stereocenters. The molecule has 0 aliphatic rings. The SMILES string of the molecule is CCOC(CCNC(=NC)NCCNc1ccccc1[N+](=O)[O-])C(C)C. The lowest BCUT2D eigenvalue weighted by Gasteiger charge is -2.21. The van der Waals surface area contributed by atoms with E-state index in [0.717, 1.165) is 13.0 Å². The van der Waals surface area contributed by atoms with Crippen LogP contribution in [0.1, 0.15) is 27.2 Å². The van der Waals surface area contributed by atoms with E-state index in [1.807, 2.05) is 6.92 Å². The maximum atomic E-state index is 11.0. The van der Waals surface area contributed by atoms with Gasteiger partial charge in [0.15, 0.2) is 5.96 Å². The second-order valence-corrected chi connectivity index (χ2v) is 6.15. The molecule has 146 valence electrons. The molecule has 0 spiro atoms. The van der Waals surface area contributed by atoms with Crippen molar-refractivity contribution in [3.63, 3.8) is 0 Å². The van der Waals surface area contributed by atoms with E-state index in [2.05, 4.69) is 34.8 Å². The van der Waals surface area contributed by atoms with Crippen molar-refractivity contribution < 1.29 is 9.66 Å². The predicted molar refractivity (Wildman–Crippen MR) is 106 cm³/mol. The number of nitrogens with one attached hydrogen (secondary N) is 3. The first-order valence-corrected chi connectivity index (χ1v) is 9.03. The Morgan fingerprint density at radius 2 is 1.92 bits per heavy atom. The summed E-state index contributed by atoms with van der Waals surface area (Å²) in [6.07, 6.45) is 1.13. The summed E-state index contributed by atoms with van der Waals surface area (Å²) in [6.45, 7) is 8.92. The van der Waals surface area contributed by atoms with Gasteiger partial charge in [-0.15, -0.1) is 0 Å². The fourth-order valence-electron chi connectivity index (χ4n) is 2.54. The molecule has 26 heavy (non-hydrogen) atoms. The number of nitrogens with zero attached hydrogens (tertiary/aromatic N) is 2. The lowest BCUT2D eigenvalue weighted by Crippen LogP contribution is -2.41. The van der Waals surface area contributed by atoms with Crippen molar-refractivity contribution in [2.75, 3.05) is 38.6 Å². The van der Waals surface area contributed by atoms with E-state index in [4.69, 9.17) is 4.74 Å². The fraction of sp³-hybridized carbons (Fsp3) is 0.611. The quantitative estimate of drug-likeness (QED) is 0.183. The van der Waals surface area contributed by atoms with Crippen molar-refractivity contribution in [1.29, 1.82) is 0 Å². The maximum absolute atomic E-state index is 11.0. The number of nitro benzene ring substituents is 1. The molecule has 1 aromatic rings. The smallest absolute Gasteiger partial charge is 0.292 e. The van der Waals surface area contributed by atoms with Crippen molar-refractivity contribution in [2.24, 2.45) is 10.9 Å². The van der Waals surface area contributed by atoms with E-state index in [1.54, 1.807) is 25.2 Å². The first kappa shape index (κ1) is 21.7. The molecule has 0 aliphatic heterocycles. The average Bonchev–Trinajstić information content (AvgIpc) is 2.62. The van der Waals surface area contributed by atoms with E-state index in [9.17, 15) is 10.1 Å². The molecule has 0 saturated carbocycles. The van der Waals surface area contributed by atoms with E-state index < -0.39 is 0 Å². The van der Waals surface area contributed by atoms with Gasteiger partial charge in [-0.1, -0.05) is 26.0 Å². The molecular formula is C18H31N5O3. The fourth-order valence-corrected chi connectivity index (χ4v) is 2.54. The van der Waals surface area contributed by atoms with Gasteiger partial charge < -0.3 is 20.7 Å². The van der Waals surface area contributed by atoms with Gasteiger partial charge in [0.05, 0.1) is 11.0 Å². The summed E-state index contributed by atoms with van der Waals surface area (Å²) in [5.74, 6) is 1.17. The molecule has 0 fully saturated rings. The third-order valence-electron chi connectivity index (χ3n) is 3.90. The van der Waals surface area contributed by atoms with Crippen LogP contribution >= 0.6 is 0 Å². The molecule has 3 N–H and O–H groups in total. The Labute approximate surface area is 155 Å². The molecule has 0 aromatic heterocycles. The minimum atomic E-state index is -0.389. The number of benzene rings is 1. The Kier molecular flexibility index (Phi) is 10.1. The van der Waals surface area contributed by atoms with Crippen LogP contribution in [-0.4, -0.2) is 50.3 Å². The Morgan fingerprint density at radius 1 is 1.23 bits per heavy atom. The molecule has 8 nitrogen and oxygen atoms in total. The standard InChI is InChI=1S/C18H31N5O3/c1-5-26-17(14(2)3)10-11-21-18(19-4)22-13-12-20-15-8-6-7-9-16(15)23(24)25/h6-9,14,17,20H,5,10-13H2,1-4H3,(H2,19,21,22). The van der Waals surface area contributed by atoms with E-state index in [-0.39, 0.29) is 16.7 Å². The summed E-state index contributed by atoms with van der Waals surface area (Å²) in [7, 11) is 1.72. The summed E-state index contributed by atoms with van der Waals surface area (Å²) in [4.78, 5) is 14.8. The van der Waals surface area contributed by atoms with Crippen molar-refractivity contribution in [2.45, 2.75) is 33.3 Å². The van der Waals surface area contributed by atoms with Crippen LogP contribution in [0, 0.1) is 16.0 Å². The maximum Gasteiger partial charge on any atom is 0.292 e. The third-order valence-corrected chi connectivity index (χ3v) is 3.90. The summed E-state index contributed by atoms with van der Waals surface area (Å²) >= 11 is 0. The van der Waals surface area contributed by atoms with Gasteiger partial charge in [0, 0.05) is 39.4 Å². The van der Waals surface area contributed by atoms with Gasteiger partial charge >= 0.3 is 0 Å². The van der Waals surface area contributed by atoms with Gasteiger partial charge in [0.1, 0.15) is 5.69 Å². The normalized spacial score (nSPS) is 12.7. The lowest BCUT2D eigenvalue weighted by atomic mass is 10.0. The second kappa shape index (κ2) is 12.1. The molecular weight excluding hydrogens is 334 g/mol. The van der Waals surface area contributed by atoms with Crippen LogP contribution in [0.5, 0.6) is 0 Å². The molecule has 1 aromatic carbocycles. The largest absolute Gasteiger partial charge is 0.378 e. The number of hydrogen-bond donors (Lipinski definition) is 3. The summed E-state index contributed by atoms with van der Waals surface area (Å²) < 4.78 is 5.73. The monoisotopic (exact) mass is 365 g/mol. The third kappa shape index (κ3) is 7.69. The highest BCUT2D eigenvalue weighted by Crippen LogP contribution is 2.22. The lowest BCUT2D eigenvalue weighted by molar-refractivity contribution is -0.384. The first-order valence-electron chi connectivity index (χ1n) is 9.03. The molecule has 0 heterocycles. The Hall–Kier alpha value is -2.35. The van der Waals surface area contributed by atoms with Crippen molar-refractivity contribution in [3.05, 3.63) is 34.4 Å². The van der Waals surface area contributed by atoms with Gasteiger partial charge in [-0.2, -0.15) is 0 Å².